The van der Waals surface area contributed by atoms with Crippen LogP contribution in [0.5, 0.6) is 0 Å². The Morgan fingerprint density at radius 3 is 2.45 bits per heavy atom. The summed E-state index contributed by atoms with van der Waals surface area (Å²) in [6.45, 7) is 7.83. The molecule has 4 aromatic rings. The van der Waals surface area contributed by atoms with Crippen molar-refractivity contribution in [3.8, 4) is 11.1 Å². The summed E-state index contributed by atoms with van der Waals surface area (Å²) in [5, 5.41) is 8.84. The molecule has 5 rings (SSSR count). The lowest BCUT2D eigenvalue weighted by Crippen LogP contribution is -2.50. The number of nitrogens with one attached hydrogen (secondary N) is 1. The fraction of sp³-hybridized carbons (Fsp3) is 0.364. The van der Waals surface area contributed by atoms with Crippen molar-refractivity contribution < 1.29 is 13.2 Å². The van der Waals surface area contributed by atoms with Crippen molar-refractivity contribution in [2.75, 3.05) is 23.3 Å². The zero-order valence-corrected chi connectivity index (χ0v) is 19.1. The molecule has 7 nitrogen and oxygen atoms in total. The van der Waals surface area contributed by atoms with Crippen LogP contribution in [-0.4, -0.2) is 43.1 Å². The van der Waals surface area contributed by atoms with Gasteiger partial charge in [-0.25, -0.2) is 22.7 Å². The minimum atomic E-state index is -1.51. The number of anilines is 2. The smallest absolute Gasteiger partial charge is 0.243 e. The molecule has 1 aliphatic heterocycles. The molecule has 1 N–H and O–H groups in total. The highest BCUT2D eigenvalue weighted by molar-refractivity contribution is 7.09. The van der Waals surface area contributed by atoms with Crippen LogP contribution in [0.1, 0.15) is 19.7 Å². The third-order valence-corrected chi connectivity index (χ3v) is 6.88. The highest BCUT2D eigenvalue weighted by atomic mass is 32.1. The fourth-order valence-corrected chi connectivity index (χ4v) is 5.17. The predicted molar refractivity (Wildman–Crippen MR) is 121 cm³/mol. The van der Waals surface area contributed by atoms with Crippen LogP contribution >= 0.6 is 11.5 Å². The van der Waals surface area contributed by atoms with E-state index in [0.717, 1.165) is 30.1 Å². The summed E-state index contributed by atoms with van der Waals surface area (Å²) >= 11 is 1.41. The first-order chi connectivity index (χ1) is 15.8. The molecule has 33 heavy (non-hydrogen) atoms. The van der Waals surface area contributed by atoms with E-state index in [9.17, 15) is 13.2 Å². The molecule has 0 unspecified atom stereocenters. The van der Waals surface area contributed by atoms with Crippen LogP contribution in [0.4, 0.5) is 24.3 Å². The van der Waals surface area contributed by atoms with Crippen molar-refractivity contribution in [1.82, 2.24) is 24.0 Å². The Kier molecular flexibility index (Phi) is 5.43. The van der Waals surface area contributed by atoms with E-state index in [1.807, 2.05) is 6.92 Å². The molecule has 1 saturated heterocycles. The number of fused-ring (bicyclic) bond motifs is 1. The van der Waals surface area contributed by atoms with Crippen LogP contribution in [-0.2, 0) is 0 Å². The number of benzene rings is 1. The number of halogens is 3. The van der Waals surface area contributed by atoms with Crippen LogP contribution in [0.15, 0.2) is 30.5 Å². The van der Waals surface area contributed by atoms with Crippen LogP contribution in [0.2, 0.25) is 0 Å². The summed E-state index contributed by atoms with van der Waals surface area (Å²) in [7, 11) is 0. The van der Waals surface area contributed by atoms with Gasteiger partial charge < -0.3 is 10.2 Å². The summed E-state index contributed by atoms with van der Waals surface area (Å²) in [5.74, 6) is -2.27. The Morgan fingerprint density at radius 1 is 1.00 bits per heavy atom. The zero-order valence-electron chi connectivity index (χ0n) is 18.3. The Labute approximate surface area is 192 Å². The first-order valence-corrected chi connectivity index (χ1v) is 11.4. The Balaban J connectivity index is 1.41. The summed E-state index contributed by atoms with van der Waals surface area (Å²) < 4.78 is 47.4. The molecule has 0 amide bonds. The highest BCUT2D eigenvalue weighted by Gasteiger charge is 2.34. The third-order valence-electron chi connectivity index (χ3n) is 6.01. The van der Waals surface area contributed by atoms with Crippen molar-refractivity contribution in [3.05, 3.63) is 53.7 Å². The number of aromatic nitrogens is 5. The van der Waals surface area contributed by atoms with Gasteiger partial charge in [0.1, 0.15) is 5.82 Å². The van der Waals surface area contributed by atoms with Crippen molar-refractivity contribution in [2.45, 2.75) is 26.8 Å². The summed E-state index contributed by atoms with van der Waals surface area (Å²) in [5.41, 5.74) is 0.616. The highest BCUT2D eigenvalue weighted by Crippen LogP contribution is 2.31. The van der Waals surface area contributed by atoms with Crippen LogP contribution in [0.25, 0.3) is 16.8 Å². The first kappa shape index (κ1) is 21.6. The van der Waals surface area contributed by atoms with E-state index in [0.29, 0.717) is 17.2 Å². The van der Waals surface area contributed by atoms with Gasteiger partial charge in [0, 0.05) is 48.0 Å². The molecule has 0 bridgehead atoms. The van der Waals surface area contributed by atoms with E-state index in [1.54, 1.807) is 18.3 Å². The number of hydrogen-bond acceptors (Lipinski definition) is 7. The predicted octanol–water partition coefficient (Wildman–Crippen LogP) is 4.55. The van der Waals surface area contributed by atoms with Crippen LogP contribution < -0.4 is 10.2 Å². The summed E-state index contributed by atoms with van der Waals surface area (Å²) in [4.78, 5) is 11.3. The second kappa shape index (κ2) is 8.29. The number of pyridine rings is 1. The molecule has 3 atom stereocenters. The molecule has 11 heteroatoms. The minimum Gasteiger partial charge on any atom is -0.350 e. The Morgan fingerprint density at radius 2 is 1.76 bits per heavy atom. The van der Waals surface area contributed by atoms with Crippen molar-refractivity contribution >= 4 is 28.3 Å². The Bertz CT molecular complexity index is 1310. The van der Waals surface area contributed by atoms with Gasteiger partial charge in [0.15, 0.2) is 23.1 Å². The van der Waals surface area contributed by atoms with Gasteiger partial charge in [-0.05, 0) is 43.0 Å². The normalized spacial score (nSPS) is 21.0. The van der Waals surface area contributed by atoms with Gasteiger partial charge in [0.05, 0.1) is 0 Å². The summed E-state index contributed by atoms with van der Waals surface area (Å²) in [6.07, 6.45) is 1.68. The minimum absolute atomic E-state index is 0.0687. The topological polar surface area (TPSA) is 71.2 Å². The van der Waals surface area contributed by atoms with Gasteiger partial charge >= 0.3 is 0 Å². The second-order valence-corrected chi connectivity index (χ2v) is 9.23. The van der Waals surface area contributed by atoms with Gasteiger partial charge in [-0.1, -0.05) is 13.8 Å². The summed E-state index contributed by atoms with van der Waals surface area (Å²) in [6, 6.07) is 5.49. The maximum Gasteiger partial charge on any atom is 0.243 e. The average Bonchev–Trinajstić information content (AvgIpc) is 3.40. The molecule has 0 saturated carbocycles. The second-order valence-electron chi connectivity index (χ2n) is 8.50. The van der Waals surface area contributed by atoms with Gasteiger partial charge in [-0.2, -0.15) is 9.36 Å². The third kappa shape index (κ3) is 3.90. The quantitative estimate of drug-likeness (QED) is 0.439. The van der Waals surface area contributed by atoms with Gasteiger partial charge in [0.25, 0.3) is 0 Å². The van der Waals surface area contributed by atoms with E-state index in [2.05, 4.69) is 43.5 Å². The molecule has 1 fully saturated rings. The maximum absolute atomic E-state index is 14.4. The van der Waals surface area contributed by atoms with Crippen molar-refractivity contribution in [2.24, 2.45) is 11.8 Å². The molecule has 172 valence electrons. The molecule has 0 radical (unpaired) electrons. The maximum atomic E-state index is 14.4. The number of nitrogens with zero attached hydrogens (tertiary/aromatic N) is 6. The molecule has 3 aromatic heterocycles. The number of hydrogen-bond donors (Lipinski definition) is 1. The SMILES string of the molecule is Cc1nsc(N2C[C@@H](C)[C@H](Nc3nc4c(-c5ccc(F)c(F)c5F)cccn4n3)[C@@H](C)C2)n1. The molecule has 1 aliphatic rings. The molecule has 1 aromatic carbocycles. The first-order valence-electron chi connectivity index (χ1n) is 10.6. The molecular weight excluding hydrogens is 451 g/mol. The monoisotopic (exact) mass is 473 g/mol. The number of piperidine rings is 1. The molecular formula is C22H22F3N7S. The largest absolute Gasteiger partial charge is 0.350 e. The zero-order chi connectivity index (χ0) is 23.3. The lowest BCUT2D eigenvalue weighted by Gasteiger charge is -2.41. The van der Waals surface area contributed by atoms with E-state index in [1.165, 1.54) is 22.1 Å². The van der Waals surface area contributed by atoms with E-state index >= 15 is 0 Å². The fourth-order valence-electron chi connectivity index (χ4n) is 4.47. The number of rotatable bonds is 4. The van der Waals surface area contributed by atoms with Gasteiger partial charge in [0.2, 0.25) is 11.1 Å². The average molecular weight is 474 g/mol. The van der Waals surface area contributed by atoms with Crippen LogP contribution in [0, 0.1) is 36.2 Å². The van der Waals surface area contributed by atoms with Crippen molar-refractivity contribution in [1.29, 1.82) is 0 Å². The lowest BCUT2D eigenvalue weighted by atomic mass is 9.86. The molecule has 4 heterocycles. The van der Waals surface area contributed by atoms with Gasteiger partial charge in [-0.3, -0.25) is 0 Å². The van der Waals surface area contributed by atoms with Crippen LogP contribution in [0.3, 0.4) is 0 Å². The van der Waals surface area contributed by atoms with E-state index < -0.39 is 17.5 Å². The van der Waals surface area contributed by atoms with E-state index in [-0.39, 0.29) is 23.4 Å². The molecule has 0 spiro atoms. The van der Waals surface area contributed by atoms with Gasteiger partial charge in [-0.15, -0.1) is 5.10 Å². The van der Waals surface area contributed by atoms with E-state index in [4.69, 9.17) is 0 Å². The molecule has 0 aliphatic carbocycles. The standard InChI is InChI=1S/C22H22F3N7S/c1-11-9-31(22-26-13(3)30-33-22)10-12(2)19(11)27-21-28-20-15(5-4-8-32(20)29-21)14-6-7-16(23)18(25)17(14)24/h4-8,11-12,19H,9-10H2,1-3H3,(H,27,29)/t11-,12+,19+. The lowest BCUT2D eigenvalue weighted by molar-refractivity contribution is 0.317. The van der Waals surface area contributed by atoms with Crippen molar-refractivity contribution in [3.63, 3.8) is 0 Å². The number of aryl methyl sites for hydroxylation is 1. The Hall–Kier alpha value is -3.21.